The van der Waals surface area contributed by atoms with E-state index in [-0.39, 0.29) is 0 Å². The van der Waals surface area contributed by atoms with Crippen molar-refractivity contribution in [1.82, 2.24) is 4.31 Å². The summed E-state index contributed by atoms with van der Waals surface area (Å²) < 4.78 is 24.4. The van der Waals surface area contributed by atoms with E-state index >= 15 is 0 Å². The van der Waals surface area contributed by atoms with Gasteiger partial charge in [0, 0.05) is 13.1 Å². The van der Waals surface area contributed by atoms with Gasteiger partial charge in [0.2, 0.25) is 10.0 Å². The average molecular weight is 255 g/mol. The summed E-state index contributed by atoms with van der Waals surface area (Å²) in [4.78, 5) is 0. The predicted molar refractivity (Wildman–Crippen MR) is 65.8 cm³/mol. The highest BCUT2D eigenvalue weighted by Gasteiger charge is 2.26. The number of aliphatic hydroxyl groups excluding tert-OH is 1. The van der Waals surface area contributed by atoms with Crippen LogP contribution in [-0.4, -0.2) is 24.1 Å². The molecule has 17 heavy (non-hydrogen) atoms. The van der Waals surface area contributed by atoms with Gasteiger partial charge in [-0.05, 0) is 23.1 Å². The highest BCUT2D eigenvalue weighted by Crippen LogP contribution is 2.28. The second-order valence-corrected chi connectivity index (χ2v) is 6.47. The van der Waals surface area contributed by atoms with E-state index in [1.54, 1.807) is 0 Å². The lowest BCUT2D eigenvalue weighted by atomic mass is 10.0. The second-order valence-electron chi connectivity index (χ2n) is 4.48. The third-order valence-electron chi connectivity index (χ3n) is 3.16. The Labute approximate surface area is 102 Å². The molecule has 0 aromatic heterocycles. The van der Waals surface area contributed by atoms with Crippen LogP contribution < -0.4 is 0 Å². The molecule has 0 saturated carbocycles. The smallest absolute Gasteiger partial charge is 0.211 e. The van der Waals surface area contributed by atoms with Crippen LogP contribution in [0.15, 0.2) is 18.2 Å². The van der Waals surface area contributed by atoms with Crippen LogP contribution in [0.1, 0.15) is 36.1 Å². The molecule has 0 spiro atoms. The summed E-state index contributed by atoms with van der Waals surface area (Å²) in [5.41, 5.74) is 2.89. The quantitative estimate of drug-likeness (QED) is 0.888. The van der Waals surface area contributed by atoms with Crippen LogP contribution in [0.25, 0.3) is 0 Å². The number of aliphatic hydroxyl groups is 1. The van der Waals surface area contributed by atoms with Crippen molar-refractivity contribution in [2.45, 2.75) is 32.5 Å². The Morgan fingerprint density at radius 2 is 2.00 bits per heavy atom. The largest absolute Gasteiger partial charge is 0.388 e. The van der Waals surface area contributed by atoms with Crippen LogP contribution >= 0.6 is 0 Å². The van der Waals surface area contributed by atoms with Crippen molar-refractivity contribution in [3.05, 3.63) is 34.9 Å². The van der Waals surface area contributed by atoms with E-state index in [0.29, 0.717) is 19.5 Å². The molecule has 1 N–H and O–H groups in total. The van der Waals surface area contributed by atoms with Gasteiger partial charge in [-0.25, -0.2) is 8.42 Å². The maximum atomic E-state index is 11.5. The Balaban J connectivity index is 2.28. The van der Waals surface area contributed by atoms with Crippen molar-refractivity contribution in [2.75, 3.05) is 6.26 Å². The molecule has 4 nitrogen and oxygen atoms in total. The van der Waals surface area contributed by atoms with E-state index < -0.39 is 16.1 Å². The van der Waals surface area contributed by atoms with Crippen molar-refractivity contribution in [1.29, 1.82) is 0 Å². The van der Waals surface area contributed by atoms with E-state index in [9.17, 15) is 13.5 Å². The maximum Gasteiger partial charge on any atom is 0.211 e. The zero-order valence-electron chi connectivity index (χ0n) is 10.0. The first-order valence-electron chi connectivity index (χ1n) is 5.66. The minimum Gasteiger partial charge on any atom is -0.388 e. The van der Waals surface area contributed by atoms with Crippen molar-refractivity contribution in [3.8, 4) is 0 Å². The topological polar surface area (TPSA) is 57.6 Å². The lowest BCUT2D eigenvalue weighted by Crippen LogP contribution is -2.23. The van der Waals surface area contributed by atoms with Gasteiger partial charge in [-0.3, -0.25) is 0 Å². The number of benzene rings is 1. The zero-order valence-corrected chi connectivity index (χ0v) is 10.9. The summed E-state index contributed by atoms with van der Waals surface area (Å²) in [6.45, 7) is 2.77. The fraction of sp³-hybridized carbons (Fsp3) is 0.500. The number of sulfonamides is 1. The van der Waals surface area contributed by atoms with Crippen LogP contribution in [-0.2, 0) is 23.1 Å². The standard InChI is InChI=1S/C12H17NO3S/c1-3-12(14)9-4-5-10-7-13(17(2,15)16)8-11(10)6-9/h4-6,12,14H,3,7-8H2,1-2H3. The number of hydrogen-bond donors (Lipinski definition) is 1. The van der Waals surface area contributed by atoms with E-state index in [2.05, 4.69) is 0 Å². The molecule has 1 atom stereocenters. The Bertz CT molecular complexity index is 525. The molecule has 0 bridgehead atoms. The molecule has 94 valence electrons. The molecular weight excluding hydrogens is 238 g/mol. The fourth-order valence-corrected chi connectivity index (χ4v) is 2.81. The fourth-order valence-electron chi connectivity index (χ4n) is 2.06. The molecule has 1 heterocycles. The van der Waals surface area contributed by atoms with Crippen LogP contribution in [0.2, 0.25) is 0 Å². The van der Waals surface area contributed by atoms with Crippen molar-refractivity contribution >= 4 is 10.0 Å². The first-order valence-corrected chi connectivity index (χ1v) is 7.51. The number of fused-ring (bicyclic) bond motifs is 1. The minimum absolute atomic E-state index is 0.415. The third-order valence-corrected chi connectivity index (χ3v) is 4.36. The van der Waals surface area contributed by atoms with Gasteiger partial charge in [0.15, 0.2) is 0 Å². The molecular formula is C12H17NO3S. The van der Waals surface area contributed by atoms with Crippen LogP contribution in [0.3, 0.4) is 0 Å². The van der Waals surface area contributed by atoms with Gasteiger partial charge >= 0.3 is 0 Å². The molecule has 1 aliphatic rings. The molecule has 1 aliphatic heterocycles. The molecule has 2 rings (SSSR count). The Kier molecular flexibility index (Phi) is 3.25. The van der Waals surface area contributed by atoms with E-state index in [1.807, 2.05) is 25.1 Å². The van der Waals surface area contributed by atoms with Crippen molar-refractivity contribution < 1.29 is 13.5 Å². The monoisotopic (exact) mass is 255 g/mol. The van der Waals surface area contributed by atoms with Gasteiger partial charge in [0.25, 0.3) is 0 Å². The molecule has 0 aliphatic carbocycles. The minimum atomic E-state index is -3.14. The predicted octanol–water partition coefficient (Wildman–Crippen LogP) is 1.41. The van der Waals surface area contributed by atoms with Gasteiger partial charge in [-0.15, -0.1) is 0 Å². The SMILES string of the molecule is CCC(O)c1ccc2c(c1)CN(S(C)(=O)=O)C2. The van der Waals surface area contributed by atoms with Crippen molar-refractivity contribution in [2.24, 2.45) is 0 Å². The Hall–Kier alpha value is -0.910. The summed E-state index contributed by atoms with van der Waals surface area (Å²) >= 11 is 0. The van der Waals surface area contributed by atoms with E-state index in [1.165, 1.54) is 10.6 Å². The molecule has 0 fully saturated rings. The van der Waals surface area contributed by atoms with Gasteiger partial charge < -0.3 is 5.11 Å². The molecule has 1 unspecified atom stereocenters. The molecule has 1 aromatic rings. The first-order chi connectivity index (χ1) is 7.91. The summed E-state index contributed by atoms with van der Waals surface area (Å²) in [7, 11) is -3.14. The van der Waals surface area contributed by atoms with Gasteiger partial charge in [0.05, 0.1) is 12.4 Å². The maximum absolute atomic E-state index is 11.5. The summed E-state index contributed by atoms with van der Waals surface area (Å²) in [6.07, 6.45) is 1.42. The lowest BCUT2D eigenvalue weighted by molar-refractivity contribution is 0.173. The summed E-state index contributed by atoms with van der Waals surface area (Å²) in [5, 5.41) is 9.75. The lowest BCUT2D eigenvalue weighted by Gasteiger charge is -2.10. The van der Waals surface area contributed by atoms with Crippen LogP contribution in [0.4, 0.5) is 0 Å². The third kappa shape index (κ3) is 2.51. The molecule has 1 aromatic carbocycles. The van der Waals surface area contributed by atoms with Crippen LogP contribution in [0, 0.1) is 0 Å². The Morgan fingerprint density at radius 3 is 2.59 bits per heavy atom. The molecule has 5 heteroatoms. The number of hydrogen-bond acceptors (Lipinski definition) is 3. The average Bonchev–Trinajstić information content (AvgIpc) is 2.70. The van der Waals surface area contributed by atoms with E-state index in [4.69, 9.17) is 0 Å². The van der Waals surface area contributed by atoms with Gasteiger partial charge in [-0.2, -0.15) is 4.31 Å². The van der Waals surface area contributed by atoms with E-state index in [0.717, 1.165) is 16.7 Å². The number of nitrogens with zero attached hydrogens (tertiary/aromatic N) is 1. The van der Waals surface area contributed by atoms with Gasteiger partial charge in [-0.1, -0.05) is 25.1 Å². The Morgan fingerprint density at radius 1 is 1.35 bits per heavy atom. The first kappa shape index (κ1) is 12.5. The summed E-state index contributed by atoms with van der Waals surface area (Å²) in [6, 6.07) is 5.70. The van der Waals surface area contributed by atoms with Crippen LogP contribution in [0.5, 0.6) is 0 Å². The zero-order chi connectivity index (χ0) is 12.6. The highest BCUT2D eigenvalue weighted by molar-refractivity contribution is 7.88. The molecule has 0 saturated heterocycles. The molecule has 0 amide bonds. The molecule has 0 radical (unpaired) electrons. The van der Waals surface area contributed by atoms with Crippen molar-refractivity contribution in [3.63, 3.8) is 0 Å². The van der Waals surface area contributed by atoms with Gasteiger partial charge in [0.1, 0.15) is 0 Å². The summed E-state index contributed by atoms with van der Waals surface area (Å²) in [5.74, 6) is 0. The number of rotatable bonds is 3. The normalized spacial score (nSPS) is 18.1. The highest BCUT2D eigenvalue weighted by atomic mass is 32.2. The second kappa shape index (κ2) is 4.40.